The number of aromatic nitrogens is 1. The first-order valence-corrected chi connectivity index (χ1v) is 11.1. The van der Waals surface area contributed by atoms with Gasteiger partial charge in [0.1, 0.15) is 5.75 Å². The predicted octanol–water partition coefficient (Wildman–Crippen LogP) is 5.38. The molecule has 158 valence electrons. The zero-order chi connectivity index (χ0) is 20.9. The van der Waals surface area contributed by atoms with Crippen molar-refractivity contribution in [3.63, 3.8) is 0 Å². The first-order valence-electron chi connectivity index (χ1n) is 11.1. The lowest BCUT2D eigenvalue weighted by Crippen LogP contribution is -2.41. The maximum Gasteiger partial charge on any atom is 0.255 e. The van der Waals surface area contributed by atoms with Gasteiger partial charge in [-0.25, -0.2) is 0 Å². The summed E-state index contributed by atoms with van der Waals surface area (Å²) >= 11 is 0. The van der Waals surface area contributed by atoms with Crippen LogP contribution >= 0.6 is 0 Å². The van der Waals surface area contributed by atoms with E-state index in [0.717, 1.165) is 49.9 Å². The molecule has 0 bridgehead atoms. The average molecular weight is 405 g/mol. The van der Waals surface area contributed by atoms with Crippen molar-refractivity contribution in [1.29, 1.82) is 0 Å². The Hall–Kier alpha value is -2.59. The standard InChI is InChI=1S/C26H32N2O2/c1-19(2)17-28(18-20-6-4-3-5-7-20)22-8-10-23(11-9-22)30-24-12-13-25-21(16-24)14-15-27-26(25)29/h3-7,12-16,19,22-23H,8-11,17-18H2,1-2H3,(H,27,29). The van der Waals surface area contributed by atoms with Crippen LogP contribution in [0.1, 0.15) is 45.1 Å². The van der Waals surface area contributed by atoms with Gasteiger partial charge in [-0.3, -0.25) is 9.69 Å². The van der Waals surface area contributed by atoms with Gasteiger partial charge in [0.05, 0.1) is 6.10 Å². The first kappa shape index (κ1) is 20.7. The van der Waals surface area contributed by atoms with E-state index in [9.17, 15) is 4.79 Å². The summed E-state index contributed by atoms with van der Waals surface area (Å²) < 4.78 is 6.30. The fourth-order valence-electron chi connectivity index (χ4n) is 4.59. The maximum absolute atomic E-state index is 11.9. The molecule has 0 saturated heterocycles. The monoisotopic (exact) mass is 404 g/mol. The van der Waals surface area contributed by atoms with Crippen molar-refractivity contribution in [2.24, 2.45) is 5.92 Å². The van der Waals surface area contributed by atoms with Gasteiger partial charge in [0.25, 0.3) is 5.56 Å². The Balaban J connectivity index is 1.37. The highest BCUT2D eigenvalue weighted by molar-refractivity contribution is 5.82. The van der Waals surface area contributed by atoms with Gasteiger partial charge in [-0.05, 0) is 66.8 Å². The van der Waals surface area contributed by atoms with Gasteiger partial charge < -0.3 is 9.72 Å². The van der Waals surface area contributed by atoms with Crippen molar-refractivity contribution >= 4 is 10.8 Å². The highest BCUT2D eigenvalue weighted by Gasteiger charge is 2.27. The summed E-state index contributed by atoms with van der Waals surface area (Å²) in [5, 5.41) is 1.63. The van der Waals surface area contributed by atoms with E-state index in [4.69, 9.17) is 4.74 Å². The van der Waals surface area contributed by atoms with Crippen LogP contribution in [0.2, 0.25) is 0 Å². The summed E-state index contributed by atoms with van der Waals surface area (Å²) in [4.78, 5) is 17.3. The minimum Gasteiger partial charge on any atom is -0.490 e. The van der Waals surface area contributed by atoms with E-state index in [-0.39, 0.29) is 11.7 Å². The van der Waals surface area contributed by atoms with Gasteiger partial charge in [0, 0.05) is 30.7 Å². The van der Waals surface area contributed by atoms with Crippen molar-refractivity contribution in [3.05, 3.63) is 76.7 Å². The number of fused-ring (bicyclic) bond motifs is 1. The summed E-state index contributed by atoms with van der Waals surface area (Å²) in [7, 11) is 0. The van der Waals surface area contributed by atoms with Crippen molar-refractivity contribution in [1.82, 2.24) is 9.88 Å². The average Bonchev–Trinajstić information content (AvgIpc) is 2.74. The van der Waals surface area contributed by atoms with E-state index in [1.807, 2.05) is 24.3 Å². The van der Waals surface area contributed by atoms with Crippen LogP contribution in [-0.4, -0.2) is 28.6 Å². The summed E-state index contributed by atoms with van der Waals surface area (Å²) in [6, 6.07) is 19.1. The SMILES string of the molecule is CC(C)CN(Cc1ccccc1)C1CCC(Oc2ccc3c(=O)[nH]ccc3c2)CC1. The van der Waals surface area contributed by atoms with Crippen LogP contribution in [0, 0.1) is 5.92 Å². The molecular formula is C26H32N2O2. The summed E-state index contributed by atoms with van der Waals surface area (Å²) in [6.45, 7) is 6.76. The third-order valence-corrected chi connectivity index (χ3v) is 6.04. The van der Waals surface area contributed by atoms with Crippen molar-refractivity contribution < 1.29 is 4.74 Å². The van der Waals surface area contributed by atoms with Crippen LogP contribution in [-0.2, 0) is 6.54 Å². The fraction of sp³-hybridized carbons (Fsp3) is 0.423. The van der Waals surface area contributed by atoms with Gasteiger partial charge in [-0.2, -0.15) is 0 Å². The molecule has 30 heavy (non-hydrogen) atoms. The maximum atomic E-state index is 11.9. The molecule has 0 atom stereocenters. The molecule has 4 heteroatoms. The number of benzene rings is 2. The van der Waals surface area contributed by atoms with Crippen LogP contribution in [0.4, 0.5) is 0 Å². The minimum atomic E-state index is -0.0526. The van der Waals surface area contributed by atoms with E-state index < -0.39 is 0 Å². The number of hydrogen-bond acceptors (Lipinski definition) is 3. The van der Waals surface area contributed by atoms with Crippen LogP contribution < -0.4 is 10.3 Å². The second-order valence-electron chi connectivity index (χ2n) is 8.91. The Morgan fingerprint density at radius 1 is 1.03 bits per heavy atom. The Morgan fingerprint density at radius 3 is 2.53 bits per heavy atom. The molecule has 1 aromatic heterocycles. The van der Waals surface area contributed by atoms with Crippen molar-refractivity contribution in [3.8, 4) is 5.75 Å². The summed E-state index contributed by atoms with van der Waals surface area (Å²) in [5.74, 6) is 1.52. The Morgan fingerprint density at radius 2 is 1.80 bits per heavy atom. The second kappa shape index (κ2) is 9.48. The smallest absolute Gasteiger partial charge is 0.255 e. The first-order chi connectivity index (χ1) is 14.6. The molecule has 1 fully saturated rings. The number of ether oxygens (including phenoxy) is 1. The number of nitrogens with one attached hydrogen (secondary N) is 1. The largest absolute Gasteiger partial charge is 0.490 e. The lowest BCUT2D eigenvalue weighted by Gasteiger charge is -2.38. The number of rotatable bonds is 7. The van der Waals surface area contributed by atoms with Gasteiger partial charge in [0.15, 0.2) is 0 Å². The number of nitrogens with zero attached hydrogens (tertiary/aromatic N) is 1. The Labute approximate surface area is 178 Å². The molecule has 0 aliphatic heterocycles. The topological polar surface area (TPSA) is 45.3 Å². The minimum absolute atomic E-state index is 0.0526. The van der Waals surface area contributed by atoms with Crippen molar-refractivity contribution in [2.75, 3.05) is 6.54 Å². The molecule has 3 aromatic rings. The van der Waals surface area contributed by atoms with Crippen LogP contribution in [0.25, 0.3) is 10.8 Å². The number of pyridine rings is 1. The van der Waals surface area contributed by atoms with Gasteiger partial charge in [0.2, 0.25) is 0 Å². The molecule has 0 spiro atoms. The van der Waals surface area contributed by atoms with E-state index >= 15 is 0 Å². The molecule has 0 amide bonds. The van der Waals surface area contributed by atoms with Crippen LogP contribution in [0.3, 0.4) is 0 Å². The van der Waals surface area contributed by atoms with Crippen LogP contribution in [0.15, 0.2) is 65.6 Å². The number of aromatic amines is 1. The molecule has 1 saturated carbocycles. The Bertz CT molecular complexity index is 1000. The van der Waals surface area contributed by atoms with E-state index in [2.05, 4.69) is 54.1 Å². The predicted molar refractivity (Wildman–Crippen MR) is 123 cm³/mol. The molecule has 4 nitrogen and oxygen atoms in total. The van der Waals surface area contributed by atoms with Gasteiger partial charge in [-0.1, -0.05) is 44.2 Å². The molecule has 1 aliphatic rings. The van der Waals surface area contributed by atoms with Crippen LogP contribution in [0.5, 0.6) is 5.75 Å². The normalized spacial score (nSPS) is 19.5. The zero-order valence-electron chi connectivity index (χ0n) is 18.0. The van der Waals surface area contributed by atoms with Gasteiger partial charge >= 0.3 is 0 Å². The molecule has 1 aliphatic carbocycles. The number of H-pyrrole nitrogens is 1. The number of hydrogen-bond donors (Lipinski definition) is 1. The second-order valence-corrected chi connectivity index (χ2v) is 8.91. The lowest BCUT2D eigenvalue weighted by molar-refractivity contribution is 0.0770. The fourth-order valence-corrected chi connectivity index (χ4v) is 4.59. The molecule has 4 rings (SSSR count). The van der Waals surface area contributed by atoms with E-state index in [0.29, 0.717) is 17.3 Å². The highest BCUT2D eigenvalue weighted by Crippen LogP contribution is 2.29. The molecule has 1 heterocycles. The molecule has 0 unspecified atom stereocenters. The molecule has 0 radical (unpaired) electrons. The molecular weight excluding hydrogens is 372 g/mol. The quantitative estimate of drug-likeness (QED) is 0.575. The summed E-state index contributed by atoms with van der Waals surface area (Å²) in [5.41, 5.74) is 1.34. The third-order valence-electron chi connectivity index (χ3n) is 6.04. The highest BCUT2D eigenvalue weighted by atomic mass is 16.5. The van der Waals surface area contributed by atoms with E-state index in [1.165, 1.54) is 5.56 Å². The molecule has 1 N–H and O–H groups in total. The van der Waals surface area contributed by atoms with E-state index in [1.54, 1.807) is 6.20 Å². The van der Waals surface area contributed by atoms with Crippen molar-refractivity contribution in [2.45, 2.75) is 58.2 Å². The Kier molecular flexibility index (Phi) is 6.53. The summed E-state index contributed by atoms with van der Waals surface area (Å²) in [6.07, 6.45) is 6.41. The zero-order valence-corrected chi connectivity index (χ0v) is 18.0. The molecule has 2 aromatic carbocycles. The van der Waals surface area contributed by atoms with Gasteiger partial charge in [-0.15, -0.1) is 0 Å². The lowest BCUT2D eigenvalue weighted by atomic mass is 9.91. The third kappa shape index (κ3) is 5.11.